The van der Waals surface area contributed by atoms with Crippen LogP contribution in [0.15, 0.2) is 0 Å². The molecule has 1 aliphatic heterocycles. The first kappa shape index (κ1) is 13.5. The van der Waals surface area contributed by atoms with Gasteiger partial charge in [0.15, 0.2) is 0 Å². The zero-order valence-electron chi connectivity index (χ0n) is 11.1. The second kappa shape index (κ2) is 6.24. The largest absolute Gasteiger partial charge is 0.341 e. The molecule has 0 aliphatic carbocycles. The van der Waals surface area contributed by atoms with Crippen LogP contribution in [0.4, 0.5) is 0 Å². The lowest BCUT2D eigenvalue weighted by Crippen LogP contribution is -2.45. The van der Waals surface area contributed by atoms with Crippen molar-refractivity contribution in [3.63, 3.8) is 0 Å². The maximum Gasteiger partial charge on any atom is 0.222 e. The molecule has 1 amide bonds. The van der Waals surface area contributed by atoms with Crippen molar-refractivity contribution in [2.45, 2.75) is 59.0 Å². The van der Waals surface area contributed by atoms with Gasteiger partial charge in [-0.15, -0.1) is 0 Å². The Morgan fingerprint density at radius 2 is 2.06 bits per heavy atom. The summed E-state index contributed by atoms with van der Waals surface area (Å²) in [5, 5.41) is 3.62. The maximum absolute atomic E-state index is 11.5. The summed E-state index contributed by atoms with van der Waals surface area (Å²) in [7, 11) is 0. The molecule has 3 nitrogen and oxygen atoms in total. The quantitative estimate of drug-likeness (QED) is 0.751. The smallest absolute Gasteiger partial charge is 0.222 e. The molecule has 1 heterocycles. The van der Waals surface area contributed by atoms with Gasteiger partial charge in [-0.1, -0.05) is 20.8 Å². The summed E-state index contributed by atoms with van der Waals surface area (Å²) in [5.41, 5.74) is 0. The summed E-state index contributed by atoms with van der Waals surface area (Å²) in [5.74, 6) is 0.980. The van der Waals surface area contributed by atoms with Crippen molar-refractivity contribution in [1.29, 1.82) is 0 Å². The van der Waals surface area contributed by atoms with Gasteiger partial charge in [-0.3, -0.25) is 4.79 Å². The zero-order valence-corrected chi connectivity index (χ0v) is 11.1. The van der Waals surface area contributed by atoms with E-state index >= 15 is 0 Å². The fraction of sp³-hybridized carbons (Fsp3) is 0.923. The lowest BCUT2D eigenvalue weighted by Gasteiger charge is -2.28. The summed E-state index contributed by atoms with van der Waals surface area (Å²) >= 11 is 0. The van der Waals surface area contributed by atoms with E-state index in [1.165, 1.54) is 0 Å². The third-order valence-corrected chi connectivity index (χ3v) is 3.41. The fourth-order valence-corrected chi connectivity index (χ4v) is 2.43. The van der Waals surface area contributed by atoms with Gasteiger partial charge >= 0.3 is 0 Å². The second-order valence-electron chi connectivity index (χ2n) is 5.27. The Labute approximate surface area is 99.6 Å². The number of rotatable bonds is 6. The maximum atomic E-state index is 11.5. The molecule has 0 saturated carbocycles. The van der Waals surface area contributed by atoms with E-state index in [9.17, 15) is 4.79 Å². The average Bonchev–Trinajstić information content (AvgIpc) is 2.60. The van der Waals surface area contributed by atoms with Gasteiger partial charge in [-0.25, -0.2) is 0 Å². The minimum Gasteiger partial charge on any atom is -0.341 e. The van der Waals surface area contributed by atoms with E-state index in [1.807, 2.05) is 4.90 Å². The molecule has 0 radical (unpaired) electrons. The minimum atomic E-state index is 0.325. The summed E-state index contributed by atoms with van der Waals surface area (Å²) in [6, 6.07) is 0.960. The Morgan fingerprint density at radius 1 is 1.38 bits per heavy atom. The van der Waals surface area contributed by atoms with E-state index in [0.717, 1.165) is 32.4 Å². The van der Waals surface area contributed by atoms with Crippen LogP contribution in [0.1, 0.15) is 47.0 Å². The van der Waals surface area contributed by atoms with Crippen LogP contribution in [0.2, 0.25) is 0 Å². The number of amides is 1. The van der Waals surface area contributed by atoms with Crippen LogP contribution in [0.5, 0.6) is 0 Å². The van der Waals surface area contributed by atoms with Crippen molar-refractivity contribution in [3.8, 4) is 0 Å². The van der Waals surface area contributed by atoms with Gasteiger partial charge in [0.2, 0.25) is 5.91 Å². The first-order chi connectivity index (χ1) is 7.54. The number of nitrogens with zero attached hydrogens (tertiary/aromatic N) is 1. The molecule has 94 valence electrons. The number of hydrogen-bond donors (Lipinski definition) is 1. The first-order valence-corrected chi connectivity index (χ1v) is 6.58. The molecule has 0 aromatic heterocycles. The lowest BCUT2D eigenvalue weighted by molar-refractivity contribution is -0.128. The highest BCUT2D eigenvalue weighted by Gasteiger charge is 2.23. The Kier molecular flexibility index (Phi) is 5.26. The highest BCUT2D eigenvalue weighted by molar-refractivity contribution is 5.78. The molecule has 1 rings (SSSR count). The van der Waals surface area contributed by atoms with Gasteiger partial charge in [0, 0.05) is 31.6 Å². The van der Waals surface area contributed by atoms with Crippen LogP contribution in [-0.4, -0.2) is 36.0 Å². The van der Waals surface area contributed by atoms with Crippen LogP contribution >= 0.6 is 0 Å². The van der Waals surface area contributed by atoms with Gasteiger partial charge in [0.05, 0.1) is 0 Å². The van der Waals surface area contributed by atoms with Crippen LogP contribution in [-0.2, 0) is 4.79 Å². The molecule has 16 heavy (non-hydrogen) atoms. The summed E-state index contributed by atoms with van der Waals surface area (Å²) in [6.45, 7) is 10.7. The first-order valence-electron chi connectivity index (χ1n) is 6.58. The van der Waals surface area contributed by atoms with Gasteiger partial charge in [0.1, 0.15) is 0 Å². The third-order valence-electron chi connectivity index (χ3n) is 3.41. The van der Waals surface area contributed by atoms with Crippen LogP contribution in [0.3, 0.4) is 0 Å². The molecule has 0 aromatic carbocycles. The molecule has 0 aromatic rings. The fourth-order valence-electron chi connectivity index (χ4n) is 2.43. The number of carbonyl (C=O) groups excluding carboxylic acids is 1. The Morgan fingerprint density at radius 3 is 2.50 bits per heavy atom. The van der Waals surface area contributed by atoms with E-state index in [1.54, 1.807) is 0 Å². The van der Waals surface area contributed by atoms with Crippen molar-refractivity contribution in [1.82, 2.24) is 10.2 Å². The number of likely N-dealkylation sites (tertiary alicyclic amines) is 1. The van der Waals surface area contributed by atoms with Crippen LogP contribution < -0.4 is 5.32 Å². The minimum absolute atomic E-state index is 0.325. The summed E-state index contributed by atoms with van der Waals surface area (Å²) in [6.07, 6.45) is 2.93. The molecule has 1 saturated heterocycles. The van der Waals surface area contributed by atoms with Gasteiger partial charge in [-0.05, 0) is 25.7 Å². The van der Waals surface area contributed by atoms with E-state index in [4.69, 9.17) is 0 Å². The highest BCUT2D eigenvalue weighted by atomic mass is 16.2. The molecule has 2 unspecified atom stereocenters. The van der Waals surface area contributed by atoms with Gasteiger partial charge < -0.3 is 10.2 Å². The standard InChI is InChI=1S/C13H26N2O/c1-5-12(10(2)3)14-11(4)9-15-8-6-7-13(15)16/h10-12,14H,5-9H2,1-4H3. The normalized spacial score (nSPS) is 20.6. The van der Waals surface area contributed by atoms with Crippen LogP contribution in [0, 0.1) is 5.92 Å². The van der Waals surface area contributed by atoms with E-state index in [0.29, 0.717) is 23.9 Å². The molecule has 3 heteroatoms. The Balaban J connectivity index is 2.34. The predicted molar refractivity (Wildman–Crippen MR) is 67.3 cm³/mol. The zero-order chi connectivity index (χ0) is 12.1. The highest BCUT2D eigenvalue weighted by Crippen LogP contribution is 2.11. The van der Waals surface area contributed by atoms with Crippen molar-refractivity contribution in [2.24, 2.45) is 5.92 Å². The average molecular weight is 226 g/mol. The Bertz CT molecular complexity index is 228. The SMILES string of the molecule is CCC(NC(C)CN1CCCC1=O)C(C)C. The lowest BCUT2D eigenvalue weighted by atomic mass is 10.0. The number of nitrogens with one attached hydrogen (secondary N) is 1. The molecular weight excluding hydrogens is 200 g/mol. The topological polar surface area (TPSA) is 32.3 Å². The Hall–Kier alpha value is -0.570. The molecular formula is C13H26N2O. The van der Waals surface area contributed by atoms with Crippen molar-refractivity contribution in [2.75, 3.05) is 13.1 Å². The van der Waals surface area contributed by atoms with E-state index < -0.39 is 0 Å². The van der Waals surface area contributed by atoms with Crippen molar-refractivity contribution in [3.05, 3.63) is 0 Å². The molecule has 1 aliphatic rings. The van der Waals surface area contributed by atoms with Crippen LogP contribution in [0.25, 0.3) is 0 Å². The molecule has 0 spiro atoms. The summed E-state index contributed by atoms with van der Waals surface area (Å²) in [4.78, 5) is 13.5. The monoisotopic (exact) mass is 226 g/mol. The van der Waals surface area contributed by atoms with Crippen molar-refractivity contribution >= 4 is 5.91 Å². The van der Waals surface area contributed by atoms with E-state index in [2.05, 4.69) is 33.0 Å². The van der Waals surface area contributed by atoms with E-state index in [-0.39, 0.29) is 0 Å². The molecule has 0 bridgehead atoms. The predicted octanol–water partition coefficient (Wildman–Crippen LogP) is 2.02. The second-order valence-corrected chi connectivity index (χ2v) is 5.27. The van der Waals surface area contributed by atoms with Gasteiger partial charge in [0.25, 0.3) is 0 Å². The molecule has 1 N–H and O–H groups in total. The number of carbonyl (C=O) groups is 1. The molecule has 2 atom stereocenters. The molecule has 1 fully saturated rings. The van der Waals surface area contributed by atoms with Gasteiger partial charge in [-0.2, -0.15) is 0 Å². The summed E-state index contributed by atoms with van der Waals surface area (Å²) < 4.78 is 0. The third kappa shape index (κ3) is 3.78. The van der Waals surface area contributed by atoms with Crippen molar-refractivity contribution < 1.29 is 4.79 Å². The number of hydrogen-bond acceptors (Lipinski definition) is 2.